The molecule has 10 heavy (non-hydrogen) atoms. The zero-order valence-corrected chi connectivity index (χ0v) is 5.88. The van der Waals surface area contributed by atoms with Gasteiger partial charge in [0.25, 0.3) is 0 Å². The molecule has 1 unspecified atom stereocenters. The summed E-state index contributed by atoms with van der Waals surface area (Å²) in [5.74, 6) is 0. The minimum Gasteiger partial charge on any atom is -0.396 e. The van der Waals surface area contributed by atoms with E-state index >= 15 is 0 Å². The monoisotopic (exact) mass is 146 g/mol. The van der Waals surface area contributed by atoms with Gasteiger partial charge in [-0.25, -0.2) is 0 Å². The van der Waals surface area contributed by atoms with Crippen LogP contribution in [0, 0.1) is 5.41 Å². The van der Waals surface area contributed by atoms with Crippen LogP contribution in [0.25, 0.3) is 0 Å². The van der Waals surface area contributed by atoms with Gasteiger partial charge in [0.15, 0.2) is 0 Å². The van der Waals surface area contributed by atoms with Gasteiger partial charge in [0.2, 0.25) is 0 Å². The summed E-state index contributed by atoms with van der Waals surface area (Å²) in [5, 5.41) is 20.8. The summed E-state index contributed by atoms with van der Waals surface area (Å²) in [7, 11) is 0. The lowest BCUT2D eigenvalue weighted by atomic mass is 9.85. The Hall–Kier alpha value is -0.160. The lowest BCUT2D eigenvalue weighted by molar-refractivity contribution is 0.0593. The van der Waals surface area contributed by atoms with Gasteiger partial charge in [-0.1, -0.05) is 0 Å². The lowest BCUT2D eigenvalue weighted by Gasteiger charge is -2.27. The number of nitrogens with one attached hydrogen (secondary N) is 1. The molecule has 1 aliphatic rings. The fourth-order valence-electron chi connectivity index (χ4n) is 1.22. The van der Waals surface area contributed by atoms with Crippen LogP contribution >= 0.6 is 0 Å². The van der Waals surface area contributed by atoms with Crippen LogP contribution in [0.1, 0.15) is 0 Å². The van der Waals surface area contributed by atoms with Gasteiger partial charge in [0, 0.05) is 24.5 Å². The molecule has 0 aliphatic carbocycles. The Morgan fingerprint density at radius 1 is 1.50 bits per heavy atom. The van der Waals surface area contributed by atoms with E-state index in [-0.39, 0.29) is 19.3 Å². The van der Waals surface area contributed by atoms with Gasteiger partial charge in [0.05, 0.1) is 13.2 Å². The molecule has 0 amide bonds. The van der Waals surface area contributed by atoms with Gasteiger partial charge >= 0.3 is 0 Å². The number of aliphatic hydroxyl groups excluding tert-OH is 2. The second kappa shape index (κ2) is 2.84. The molecule has 0 bridgehead atoms. The van der Waals surface area contributed by atoms with E-state index < -0.39 is 5.41 Å². The van der Waals surface area contributed by atoms with Crippen LogP contribution in [-0.2, 0) is 0 Å². The molecule has 4 nitrogen and oxygen atoms in total. The summed E-state index contributed by atoms with van der Waals surface area (Å²) in [4.78, 5) is 0. The molecule has 0 aromatic rings. The minimum atomic E-state index is -0.486. The number of rotatable bonds is 2. The molecule has 4 heteroatoms. The maximum absolute atomic E-state index is 8.91. The Morgan fingerprint density at radius 3 is 2.30 bits per heavy atom. The molecular weight excluding hydrogens is 132 g/mol. The molecule has 0 aromatic carbocycles. The van der Waals surface area contributed by atoms with E-state index in [1.165, 1.54) is 0 Å². The Morgan fingerprint density at radius 2 is 2.10 bits per heavy atom. The van der Waals surface area contributed by atoms with Crippen molar-refractivity contribution < 1.29 is 10.2 Å². The first-order valence-corrected chi connectivity index (χ1v) is 3.43. The van der Waals surface area contributed by atoms with Gasteiger partial charge in [-0.05, 0) is 0 Å². The summed E-state index contributed by atoms with van der Waals surface area (Å²) in [6.45, 7) is 1.21. The third kappa shape index (κ3) is 1.03. The molecule has 1 saturated heterocycles. The maximum atomic E-state index is 8.91. The van der Waals surface area contributed by atoms with Crippen molar-refractivity contribution in [1.29, 1.82) is 0 Å². The number of hydrogen-bond acceptors (Lipinski definition) is 4. The summed E-state index contributed by atoms with van der Waals surface area (Å²) in [5.41, 5.74) is 5.17. The highest BCUT2D eigenvalue weighted by Crippen LogP contribution is 2.22. The Labute approximate surface area is 60.0 Å². The van der Waals surface area contributed by atoms with Crippen molar-refractivity contribution in [1.82, 2.24) is 5.32 Å². The fraction of sp³-hybridized carbons (Fsp3) is 1.00. The van der Waals surface area contributed by atoms with E-state index in [9.17, 15) is 0 Å². The molecule has 0 aromatic heterocycles. The van der Waals surface area contributed by atoms with Gasteiger partial charge in [0.1, 0.15) is 0 Å². The first-order valence-electron chi connectivity index (χ1n) is 3.43. The first-order chi connectivity index (χ1) is 4.75. The summed E-state index contributed by atoms with van der Waals surface area (Å²) >= 11 is 0. The summed E-state index contributed by atoms with van der Waals surface area (Å²) in [6, 6.07) is -0.123. The average molecular weight is 146 g/mol. The van der Waals surface area contributed by atoms with E-state index in [1.54, 1.807) is 0 Å². The second-order valence-electron chi connectivity index (χ2n) is 2.92. The largest absolute Gasteiger partial charge is 0.396 e. The minimum absolute atomic E-state index is 0.0440. The zero-order chi connectivity index (χ0) is 7.61. The SMILES string of the molecule is NC1CNCC1(CO)CO. The molecule has 0 spiro atoms. The Balaban J connectivity index is 2.61. The molecule has 1 atom stereocenters. The number of hydrogen-bond donors (Lipinski definition) is 4. The zero-order valence-electron chi connectivity index (χ0n) is 5.88. The molecule has 1 fully saturated rings. The molecular formula is C6H14N2O2. The topological polar surface area (TPSA) is 78.5 Å². The smallest absolute Gasteiger partial charge is 0.0537 e. The van der Waals surface area contributed by atoms with Crippen LogP contribution in [0.4, 0.5) is 0 Å². The molecule has 0 saturated carbocycles. The third-order valence-electron chi connectivity index (χ3n) is 2.26. The van der Waals surface area contributed by atoms with Crippen LogP contribution in [0.15, 0.2) is 0 Å². The number of nitrogens with two attached hydrogens (primary N) is 1. The van der Waals surface area contributed by atoms with Gasteiger partial charge in [-0.2, -0.15) is 0 Å². The van der Waals surface area contributed by atoms with Crippen molar-refractivity contribution in [2.75, 3.05) is 26.3 Å². The second-order valence-corrected chi connectivity index (χ2v) is 2.92. The maximum Gasteiger partial charge on any atom is 0.0537 e. The van der Waals surface area contributed by atoms with Crippen LogP contribution in [-0.4, -0.2) is 42.6 Å². The number of aliphatic hydroxyl groups is 2. The van der Waals surface area contributed by atoms with E-state index in [2.05, 4.69) is 5.32 Å². The highest BCUT2D eigenvalue weighted by atomic mass is 16.3. The van der Waals surface area contributed by atoms with E-state index in [4.69, 9.17) is 15.9 Å². The third-order valence-corrected chi connectivity index (χ3v) is 2.26. The van der Waals surface area contributed by atoms with Crippen molar-refractivity contribution in [2.24, 2.45) is 11.1 Å². The molecule has 5 N–H and O–H groups in total. The van der Waals surface area contributed by atoms with Crippen molar-refractivity contribution >= 4 is 0 Å². The standard InChI is InChI=1S/C6H14N2O2/c7-5-1-8-2-6(5,3-9)4-10/h5,8-10H,1-4,7H2. The lowest BCUT2D eigenvalue weighted by Crippen LogP contribution is -2.46. The molecule has 1 rings (SSSR count). The van der Waals surface area contributed by atoms with Gasteiger partial charge < -0.3 is 21.3 Å². The molecule has 1 aliphatic heterocycles. The van der Waals surface area contributed by atoms with Gasteiger partial charge in [-0.15, -0.1) is 0 Å². The van der Waals surface area contributed by atoms with Crippen LogP contribution in [0.2, 0.25) is 0 Å². The Kier molecular flexibility index (Phi) is 2.25. The highest BCUT2D eigenvalue weighted by molar-refractivity contribution is 4.97. The van der Waals surface area contributed by atoms with Crippen LogP contribution in [0.5, 0.6) is 0 Å². The first kappa shape index (κ1) is 7.94. The molecule has 0 radical (unpaired) electrons. The highest BCUT2D eigenvalue weighted by Gasteiger charge is 2.39. The average Bonchev–Trinajstić information content (AvgIpc) is 2.32. The Bertz CT molecular complexity index is 114. The van der Waals surface area contributed by atoms with Crippen molar-refractivity contribution in [3.05, 3.63) is 0 Å². The fourth-order valence-corrected chi connectivity index (χ4v) is 1.22. The van der Waals surface area contributed by atoms with Crippen LogP contribution < -0.4 is 11.1 Å². The molecule has 1 heterocycles. The predicted octanol–water partition coefficient (Wildman–Crippen LogP) is -2.11. The van der Waals surface area contributed by atoms with Crippen LogP contribution in [0.3, 0.4) is 0 Å². The van der Waals surface area contributed by atoms with E-state index in [1.807, 2.05) is 0 Å². The van der Waals surface area contributed by atoms with Gasteiger partial charge in [-0.3, -0.25) is 0 Å². The van der Waals surface area contributed by atoms with E-state index in [0.29, 0.717) is 13.1 Å². The van der Waals surface area contributed by atoms with E-state index in [0.717, 1.165) is 0 Å². The summed E-state index contributed by atoms with van der Waals surface area (Å²) < 4.78 is 0. The van der Waals surface area contributed by atoms with Crippen molar-refractivity contribution in [3.63, 3.8) is 0 Å². The predicted molar refractivity (Wildman–Crippen MR) is 37.4 cm³/mol. The quantitative estimate of drug-likeness (QED) is 0.359. The summed E-state index contributed by atoms with van der Waals surface area (Å²) in [6.07, 6.45) is 0. The van der Waals surface area contributed by atoms with Crippen molar-refractivity contribution in [3.8, 4) is 0 Å². The van der Waals surface area contributed by atoms with Crippen molar-refractivity contribution in [2.45, 2.75) is 6.04 Å². The molecule has 60 valence electrons. The normalized spacial score (nSPS) is 30.9.